The second-order valence-electron chi connectivity index (χ2n) is 6.18. The molecule has 3 atom stereocenters. The summed E-state index contributed by atoms with van der Waals surface area (Å²) in [5.74, 6) is 0.307. The van der Waals surface area contributed by atoms with Gasteiger partial charge in [0.15, 0.2) is 0 Å². The molecule has 0 aliphatic heterocycles. The number of amides is 1. The Balaban J connectivity index is 1.64. The standard InChI is InChI=1S/C17H26N2O3S/c1-13-7-8-17(19-11-13)23(21)12-16(20)18-9-10-22-15-6-4-3-5-14(15)2/h7-8,11,14-15H,3-6,9-10,12H2,1-2H3,(H,18,20)/t14-,15-,23-/m0/s1. The molecule has 0 aromatic carbocycles. The molecule has 1 aliphatic carbocycles. The summed E-state index contributed by atoms with van der Waals surface area (Å²) in [5, 5.41) is 3.21. The molecule has 2 rings (SSSR count). The van der Waals surface area contributed by atoms with Gasteiger partial charge in [0.2, 0.25) is 5.91 Å². The fourth-order valence-corrected chi connectivity index (χ4v) is 3.64. The van der Waals surface area contributed by atoms with E-state index < -0.39 is 10.8 Å². The quantitative estimate of drug-likeness (QED) is 0.774. The second-order valence-corrected chi connectivity index (χ2v) is 7.58. The van der Waals surface area contributed by atoms with Crippen LogP contribution in [0.2, 0.25) is 0 Å². The van der Waals surface area contributed by atoms with Crippen LogP contribution in [-0.2, 0) is 20.3 Å². The number of aromatic nitrogens is 1. The Morgan fingerprint density at radius 3 is 2.87 bits per heavy atom. The molecule has 1 aromatic heterocycles. The summed E-state index contributed by atoms with van der Waals surface area (Å²) in [6.07, 6.45) is 6.81. The van der Waals surface area contributed by atoms with Gasteiger partial charge in [0, 0.05) is 12.7 Å². The molecule has 23 heavy (non-hydrogen) atoms. The third kappa shape index (κ3) is 6.03. The highest BCUT2D eigenvalue weighted by atomic mass is 32.2. The lowest BCUT2D eigenvalue weighted by Gasteiger charge is -2.28. The normalized spacial score (nSPS) is 22.5. The summed E-state index contributed by atoms with van der Waals surface area (Å²) >= 11 is 0. The molecule has 1 aliphatic rings. The Labute approximate surface area is 140 Å². The van der Waals surface area contributed by atoms with Gasteiger partial charge in [0.1, 0.15) is 10.8 Å². The molecule has 0 saturated heterocycles. The summed E-state index contributed by atoms with van der Waals surface area (Å²) in [5.41, 5.74) is 1.00. The third-order valence-corrected chi connectivity index (χ3v) is 5.40. The molecule has 0 bridgehead atoms. The first-order chi connectivity index (χ1) is 11.1. The molecular weight excluding hydrogens is 312 g/mol. The molecule has 1 amide bonds. The first-order valence-corrected chi connectivity index (χ1v) is 9.57. The lowest BCUT2D eigenvalue weighted by molar-refractivity contribution is -0.119. The van der Waals surface area contributed by atoms with Crippen LogP contribution in [0.5, 0.6) is 0 Å². The van der Waals surface area contributed by atoms with Crippen LogP contribution in [0.4, 0.5) is 0 Å². The van der Waals surface area contributed by atoms with E-state index in [2.05, 4.69) is 17.2 Å². The average Bonchev–Trinajstić information content (AvgIpc) is 2.53. The van der Waals surface area contributed by atoms with Crippen LogP contribution in [0.3, 0.4) is 0 Å². The largest absolute Gasteiger partial charge is 0.376 e. The van der Waals surface area contributed by atoms with Crippen molar-refractivity contribution in [3.63, 3.8) is 0 Å². The average molecular weight is 338 g/mol. The molecule has 5 nitrogen and oxygen atoms in total. The first kappa shape index (κ1) is 18.1. The van der Waals surface area contributed by atoms with Crippen LogP contribution in [-0.4, -0.2) is 40.1 Å². The highest BCUT2D eigenvalue weighted by Crippen LogP contribution is 2.25. The minimum Gasteiger partial charge on any atom is -0.376 e. The predicted molar refractivity (Wildman–Crippen MR) is 90.6 cm³/mol. The molecule has 0 spiro atoms. The van der Waals surface area contributed by atoms with Crippen molar-refractivity contribution >= 4 is 16.7 Å². The lowest BCUT2D eigenvalue weighted by Crippen LogP contribution is -2.34. The van der Waals surface area contributed by atoms with Gasteiger partial charge in [-0.2, -0.15) is 0 Å². The molecule has 1 aromatic rings. The molecule has 128 valence electrons. The fourth-order valence-electron chi connectivity index (χ4n) is 2.76. The number of aryl methyl sites for hydroxylation is 1. The monoisotopic (exact) mass is 338 g/mol. The zero-order valence-corrected chi connectivity index (χ0v) is 14.7. The summed E-state index contributed by atoms with van der Waals surface area (Å²) in [4.78, 5) is 15.9. The Morgan fingerprint density at radius 2 is 2.17 bits per heavy atom. The minimum absolute atomic E-state index is 0.0596. The number of rotatable bonds is 7. The Kier molecular flexibility index (Phi) is 7.17. The minimum atomic E-state index is -1.40. The Bertz CT molecular complexity index is 533. The van der Waals surface area contributed by atoms with Crippen molar-refractivity contribution in [3.8, 4) is 0 Å². The fraction of sp³-hybridized carbons (Fsp3) is 0.647. The smallest absolute Gasteiger partial charge is 0.233 e. The van der Waals surface area contributed by atoms with Gasteiger partial charge in [-0.15, -0.1) is 0 Å². The van der Waals surface area contributed by atoms with Gasteiger partial charge in [-0.3, -0.25) is 9.00 Å². The number of pyridine rings is 1. The van der Waals surface area contributed by atoms with Crippen LogP contribution in [0.25, 0.3) is 0 Å². The van der Waals surface area contributed by atoms with Crippen molar-refractivity contribution in [1.82, 2.24) is 10.3 Å². The van der Waals surface area contributed by atoms with Crippen LogP contribution >= 0.6 is 0 Å². The van der Waals surface area contributed by atoms with E-state index in [1.165, 1.54) is 19.3 Å². The van der Waals surface area contributed by atoms with Gasteiger partial charge in [0.25, 0.3) is 0 Å². The molecule has 1 fully saturated rings. The van der Waals surface area contributed by atoms with E-state index in [1.807, 2.05) is 13.0 Å². The highest BCUT2D eigenvalue weighted by Gasteiger charge is 2.21. The highest BCUT2D eigenvalue weighted by molar-refractivity contribution is 7.85. The van der Waals surface area contributed by atoms with Crippen molar-refractivity contribution < 1.29 is 13.7 Å². The molecule has 1 heterocycles. The summed E-state index contributed by atoms with van der Waals surface area (Å²) < 4.78 is 17.9. The first-order valence-electron chi connectivity index (χ1n) is 8.25. The Hall–Kier alpha value is -1.27. The van der Waals surface area contributed by atoms with E-state index in [0.717, 1.165) is 12.0 Å². The van der Waals surface area contributed by atoms with Crippen LogP contribution in [0.1, 0.15) is 38.2 Å². The zero-order chi connectivity index (χ0) is 16.7. The van der Waals surface area contributed by atoms with Gasteiger partial charge in [0.05, 0.1) is 23.5 Å². The number of hydrogen-bond donors (Lipinski definition) is 1. The van der Waals surface area contributed by atoms with Crippen LogP contribution in [0.15, 0.2) is 23.4 Å². The predicted octanol–water partition coefficient (Wildman–Crippen LogP) is 2.21. The van der Waals surface area contributed by atoms with Gasteiger partial charge < -0.3 is 10.1 Å². The number of carbonyl (C=O) groups excluding carboxylic acids is 1. The molecule has 6 heteroatoms. The van der Waals surface area contributed by atoms with Gasteiger partial charge >= 0.3 is 0 Å². The topological polar surface area (TPSA) is 68.3 Å². The van der Waals surface area contributed by atoms with E-state index in [1.54, 1.807) is 12.3 Å². The lowest BCUT2D eigenvalue weighted by atomic mass is 9.88. The van der Waals surface area contributed by atoms with Gasteiger partial charge in [-0.25, -0.2) is 4.98 Å². The Morgan fingerprint density at radius 1 is 1.39 bits per heavy atom. The molecule has 1 saturated carbocycles. The maximum Gasteiger partial charge on any atom is 0.233 e. The van der Waals surface area contributed by atoms with Crippen molar-refractivity contribution in [2.45, 2.75) is 50.7 Å². The molecular formula is C17H26N2O3S. The second kappa shape index (κ2) is 9.13. The maximum atomic E-state index is 12.0. The summed E-state index contributed by atoms with van der Waals surface area (Å²) in [6.45, 7) is 5.11. The maximum absolute atomic E-state index is 12.0. The van der Waals surface area contributed by atoms with Crippen LogP contribution in [0, 0.1) is 12.8 Å². The number of nitrogens with one attached hydrogen (secondary N) is 1. The van der Waals surface area contributed by atoms with Crippen molar-refractivity contribution in [3.05, 3.63) is 23.9 Å². The SMILES string of the molecule is Cc1ccc([S@@](=O)CC(=O)NCCO[C@H]2CCCC[C@@H]2C)nc1. The molecule has 1 N–H and O–H groups in total. The van der Waals surface area contributed by atoms with E-state index in [4.69, 9.17) is 4.74 Å². The van der Waals surface area contributed by atoms with Crippen molar-refractivity contribution in [1.29, 1.82) is 0 Å². The van der Waals surface area contributed by atoms with Crippen LogP contribution < -0.4 is 5.32 Å². The van der Waals surface area contributed by atoms with E-state index in [0.29, 0.717) is 30.2 Å². The van der Waals surface area contributed by atoms with Crippen molar-refractivity contribution in [2.24, 2.45) is 5.92 Å². The van der Waals surface area contributed by atoms with Gasteiger partial charge in [-0.05, 0) is 37.3 Å². The number of hydrogen-bond acceptors (Lipinski definition) is 4. The summed E-state index contributed by atoms with van der Waals surface area (Å²) in [7, 11) is -1.40. The molecule has 0 radical (unpaired) electrons. The zero-order valence-electron chi connectivity index (χ0n) is 13.9. The number of nitrogens with zero attached hydrogens (tertiary/aromatic N) is 1. The number of ether oxygens (including phenoxy) is 1. The van der Waals surface area contributed by atoms with E-state index >= 15 is 0 Å². The molecule has 0 unspecified atom stereocenters. The van der Waals surface area contributed by atoms with Crippen molar-refractivity contribution in [2.75, 3.05) is 18.9 Å². The van der Waals surface area contributed by atoms with Gasteiger partial charge in [-0.1, -0.05) is 25.8 Å². The summed E-state index contributed by atoms with van der Waals surface area (Å²) in [6, 6.07) is 3.55. The van der Waals surface area contributed by atoms with E-state index in [9.17, 15) is 9.00 Å². The third-order valence-electron chi connectivity index (χ3n) is 4.17. The van der Waals surface area contributed by atoms with E-state index in [-0.39, 0.29) is 11.7 Å². The number of carbonyl (C=O) groups is 1.